The van der Waals surface area contributed by atoms with E-state index in [9.17, 15) is 4.79 Å². The molecule has 2 aliphatic carbocycles. The molecule has 2 saturated carbocycles. The van der Waals surface area contributed by atoms with E-state index in [4.69, 9.17) is 5.73 Å². The fraction of sp³-hybridized carbons (Fsp3) is 0.941. The van der Waals surface area contributed by atoms with Crippen LogP contribution in [0.5, 0.6) is 0 Å². The van der Waals surface area contributed by atoms with Crippen LogP contribution in [0, 0.1) is 11.8 Å². The third-order valence-electron chi connectivity index (χ3n) is 5.98. The number of carbonyl (C=O) groups excluding carboxylic acids is 1. The molecule has 4 nitrogen and oxygen atoms in total. The molecule has 0 radical (unpaired) electrons. The van der Waals surface area contributed by atoms with Crippen molar-refractivity contribution in [2.45, 2.75) is 69.9 Å². The van der Waals surface area contributed by atoms with Crippen molar-refractivity contribution >= 4 is 5.91 Å². The number of likely N-dealkylation sites (tertiary alicyclic amines) is 1. The Morgan fingerprint density at radius 3 is 2.38 bits per heavy atom. The lowest BCUT2D eigenvalue weighted by molar-refractivity contribution is -0.119. The van der Waals surface area contributed by atoms with Gasteiger partial charge in [0.1, 0.15) is 0 Å². The molecule has 1 saturated heterocycles. The molecule has 3 unspecified atom stereocenters. The Hall–Kier alpha value is -0.610. The Morgan fingerprint density at radius 1 is 0.952 bits per heavy atom. The number of nitrogens with two attached hydrogens (primary N) is 1. The third kappa shape index (κ3) is 4.19. The van der Waals surface area contributed by atoms with Crippen LogP contribution in [0.15, 0.2) is 0 Å². The highest BCUT2D eigenvalue weighted by atomic mass is 16.1. The van der Waals surface area contributed by atoms with Gasteiger partial charge in [0, 0.05) is 25.2 Å². The second-order valence-corrected chi connectivity index (χ2v) is 7.50. The first-order valence-electron chi connectivity index (χ1n) is 8.97. The molecule has 3 aliphatic rings. The number of hydrogen-bond acceptors (Lipinski definition) is 3. The second kappa shape index (κ2) is 7.10. The van der Waals surface area contributed by atoms with E-state index in [1.54, 1.807) is 0 Å². The minimum atomic E-state index is -0.197. The molecule has 3 atom stereocenters. The Labute approximate surface area is 128 Å². The number of fused-ring (bicyclic) bond motifs is 1. The van der Waals surface area contributed by atoms with E-state index in [-0.39, 0.29) is 5.91 Å². The number of piperidine rings is 1. The van der Waals surface area contributed by atoms with Gasteiger partial charge < -0.3 is 11.1 Å². The van der Waals surface area contributed by atoms with Crippen LogP contribution >= 0.6 is 0 Å². The molecular formula is C17H31N3O. The Balaban J connectivity index is 1.40. The number of hydrogen-bond donors (Lipinski definition) is 2. The van der Waals surface area contributed by atoms with Crippen molar-refractivity contribution in [2.24, 2.45) is 17.6 Å². The smallest absolute Gasteiger partial charge is 0.231 e. The molecule has 0 aromatic rings. The molecule has 21 heavy (non-hydrogen) atoms. The molecule has 120 valence electrons. The lowest BCUT2D eigenvalue weighted by Crippen LogP contribution is -2.49. The lowest BCUT2D eigenvalue weighted by atomic mass is 9.69. The van der Waals surface area contributed by atoms with Gasteiger partial charge in [-0.25, -0.2) is 0 Å². The van der Waals surface area contributed by atoms with Crippen molar-refractivity contribution in [3.05, 3.63) is 0 Å². The topological polar surface area (TPSA) is 58.4 Å². The summed E-state index contributed by atoms with van der Waals surface area (Å²) in [6, 6.07) is 1.40. The van der Waals surface area contributed by atoms with E-state index in [1.807, 2.05) is 0 Å². The summed E-state index contributed by atoms with van der Waals surface area (Å²) >= 11 is 0. The van der Waals surface area contributed by atoms with Gasteiger partial charge in [0.15, 0.2) is 0 Å². The van der Waals surface area contributed by atoms with Gasteiger partial charge >= 0.3 is 0 Å². The SMILES string of the molecule is NC(=O)CN1CCC(NC2CCC3CCCCC3C2)CC1. The molecule has 1 aliphatic heterocycles. The Morgan fingerprint density at radius 2 is 1.67 bits per heavy atom. The molecule has 0 aromatic carbocycles. The summed E-state index contributed by atoms with van der Waals surface area (Å²) in [7, 11) is 0. The Bertz CT molecular complexity index is 352. The van der Waals surface area contributed by atoms with Crippen LogP contribution in [0.3, 0.4) is 0 Å². The normalized spacial score (nSPS) is 35.3. The third-order valence-corrected chi connectivity index (χ3v) is 5.98. The summed E-state index contributed by atoms with van der Waals surface area (Å²) in [5.74, 6) is 1.84. The monoisotopic (exact) mass is 293 g/mol. The molecule has 3 rings (SSSR count). The van der Waals surface area contributed by atoms with Crippen LogP contribution in [0.1, 0.15) is 57.8 Å². The minimum Gasteiger partial charge on any atom is -0.369 e. The highest BCUT2D eigenvalue weighted by molar-refractivity contribution is 5.75. The molecule has 1 amide bonds. The summed E-state index contributed by atoms with van der Waals surface area (Å²) in [5.41, 5.74) is 5.27. The van der Waals surface area contributed by atoms with E-state index < -0.39 is 0 Å². The maximum Gasteiger partial charge on any atom is 0.231 e. The van der Waals surface area contributed by atoms with Crippen LogP contribution in [-0.4, -0.2) is 42.5 Å². The van der Waals surface area contributed by atoms with E-state index in [1.165, 1.54) is 44.9 Å². The summed E-state index contributed by atoms with van der Waals surface area (Å²) < 4.78 is 0. The molecule has 0 spiro atoms. The van der Waals surface area contributed by atoms with Gasteiger partial charge in [0.25, 0.3) is 0 Å². The van der Waals surface area contributed by atoms with Crippen LogP contribution < -0.4 is 11.1 Å². The average molecular weight is 293 g/mol. The standard InChI is InChI=1S/C17H31N3O/c18-17(21)12-20-9-7-15(8-10-20)19-16-6-5-13-3-1-2-4-14(13)11-16/h13-16,19H,1-12H2,(H2,18,21). The number of carbonyl (C=O) groups is 1. The van der Waals surface area contributed by atoms with Gasteiger partial charge in [0.2, 0.25) is 5.91 Å². The summed E-state index contributed by atoms with van der Waals surface area (Å²) in [6.07, 6.45) is 12.5. The predicted molar refractivity (Wildman–Crippen MR) is 84.9 cm³/mol. The molecule has 1 heterocycles. The number of amides is 1. The number of nitrogens with one attached hydrogen (secondary N) is 1. The van der Waals surface area contributed by atoms with Gasteiger partial charge in [-0.1, -0.05) is 25.7 Å². The number of rotatable bonds is 4. The molecule has 3 N–H and O–H groups in total. The Kier molecular flexibility index (Phi) is 5.17. The van der Waals surface area contributed by atoms with Gasteiger partial charge in [-0.05, 0) is 43.9 Å². The van der Waals surface area contributed by atoms with E-state index in [0.29, 0.717) is 12.6 Å². The van der Waals surface area contributed by atoms with Crippen LogP contribution in [-0.2, 0) is 4.79 Å². The van der Waals surface area contributed by atoms with Crippen molar-refractivity contribution in [3.8, 4) is 0 Å². The van der Waals surface area contributed by atoms with Crippen molar-refractivity contribution in [3.63, 3.8) is 0 Å². The average Bonchev–Trinajstić information content (AvgIpc) is 2.49. The maximum atomic E-state index is 11.0. The van der Waals surface area contributed by atoms with Crippen molar-refractivity contribution < 1.29 is 4.79 Å². The van der Waals surface area contributed by atoms with E-state index in [0.717, 1.165) is 43.8 Å². The van der Waals surface area contributed by atoms with Gasteiger partial charge in [-0.2, -0.15) is 0 Å². The van der Waals surface area contributed by atoms with Gasteiger partial charge in [0.05, 0.1) is 6.54 Å². The fourth-order valence-corrected chi connectivity index (χ4v) is 4.84. The summed E-state index contributed by atoms with van der Waals surface area (Å²) in [6.45, 7) is 2.46. The first-order valence-corrected chi connectivity index (χ1v) is 8.97. The zero-order valence-corrected chi connectivity index (χ0v) is 13.2. The minimum absolute atomic E-state index is 0.197. The van der Waals surface area contributed by atoms with Crippen molar-refractivity contribution in [1.29, 1.82) is 0 Å². The first-order chi connectivity index (χ1) is 10.2. The number of primary amides is 1. The lowest BCUT2D eigenvalue weighted by Gasteiger charge is -2.42. The summed E-state index contributed by atoms with van der Waals surface area (Å²) in [5, 5.41) is 3.92. The molecule has 0 bridgehead atoms. The first kappa shape index (κ1) is 15.3. The molecule has 0 aromatic heterocycles. The molecule has 4 heteroatoms. The largest absolute Gasteiger partial charge is 0.369 e. The van der Waals surface area contributed by atoms with Crippen molar-refractivity contribution in [2.75, 3.05) is 19.6 Å². The van der Waals surface area contributed by atoms with E-state index in [2.05, 4.69) is 10.2 Å². The number of nitrogens with zero attached hydrogens (tertiary/aromatic N) is 1. The fourth-order valence-electron chi connectivity index (χ4n) is 4.84. The molecule has 3 fully saturated rings. The zero-order chi connectivity index (χ0) is 14.7. The predicted octanol–water partition coefficient (Wildman–Crippen LogP) is 1.88. The van der Waals surface area contributed by atoms with Crippen molar-refractivity contribution in [1.82, 2.24) is 10.2 Å². The van der Waals surface area contributed by atoms with Crippen LogP contribution in [0.2, 0.25) is 0 Å². The summed E-state index contributed by atoms with van der Waals surface area (Å²) in [4.78, 5) is 13.2. The second-order valence-electron chi connectivity index (χ2n) is 7.50. The van der Waals surface area contributed by atoms with Gasteiger partial charge in [-0.15, -0.1) is 0 Å². The maximum absolute atomic E-state index is 11.0. The van der Waals surface area contributed by atoms with Gasteiger partial charge in [-0.3, -0.25) is 9.69 Å². The highest BCUT2D eigenvalue weighted by Gasteiger charge is 2.33. The quantitative estimate of drug-likeness (QED) is 0.832. The molecular weight excluding hydrogens is 262 g/mol. The zero-order valence-electron chi connectivity index (χ0n) is 13.2. The van der Waals surface area contributed by atoms with E-state index >= 15 is 0 Å². The van der Waals surface area contributed by atoms with Crippen LogP contribution in [0.25, 0.3) is 0 Å². The highest BCUT2D eigenvalue weighted by Crippen LogP contribution is 2.40. The van der Waals surface area contributed by atoms with Crippen LogP contribution in [0.4, 0.5) is 0 Å².